The van der Waals surface area contributed by atoms with Gasteiger partial charge in [0.1, 0.15) is 5.76 Å². The lowest BCUT2D eigenvalue weighted by molar-refractivity contribution is 0.337. The average Bonchev–Trinajstić information content (AvgIpc) is 3.01. The minimum atomic E-state index is 0.483. The van der Waals surface area contributed by atoms with Crippen LogP contribution in [-0.2, 0) is 6.54 Å². The van der Waals surface area contributed by atoms with Crippen LogP contribution in [0.4, 0.5) is 0 Å². The predicted molar refractivity (Wildman–Crippen MR) is 71.3 cm³/mol. The fraction of sp³-hybridized carbons (Fsp3) is 0.133. The fourth-order valence-electron chi connectivity index (χ4n) is 1.84. The second kappa shape index (κ2) is 5.02. The molecular formula is C15H14N2O2. The molecule has 4 nitrogen and oxygen atoms in total. The first kappa shape index (κ1) is 11.6. The molecule has 0 spiro atoms. The van der Waals surface area contributed by atoms with E-state index in [-0.39, 0.29) is 0 Å². The van der Waals surface area contributed by atoms with Gasteiger partial charge in [0.05, 0.1) is 18.9 Å². The fourth-order valence-corrected chi connectivity index (χ4v) is 1.84. The SMILES string of the molecule is Cc1ccc(Oc2cnn(Cc3ccccc3)c2)o1. The highest BCUT2D eigenvalue weighted by Crippen LogP contribution is 2.22. The Morgan fingerprint density at radius 2 is 2.00 bits per heavy atom. The molecule has 0 amide bonds. The van der Waals surface area contributed by atoms with Crippen molar-refractivity contribution in [2.45, 2.75) is 13.5 Å². The zero-order valence-electron chi connectivity index (χ0n) is 10.6. The summed E-state index contributed by atoms with van der Waals surface area (Å²) in [6, 6.07) is 13.8. The van der Waals surface area contributed by atoms with E-state index >= 15 is 0 Å². The van der Waals surface area contributed by atoms with Gasteiger partial charge in [-0.05, 0) is 18.6 Å². The minimum absolute atomic E-state index is 0.483. The molecule has 0 saturated carbocycles. The van der Waals surface area contributed by atoms with Crippen molar-refractivity contribution < 1.29 is 9.15 Å². The van der Waals surface area contributed by atoms with Crippen LogP contribution < -0.4 is 4.74 Å². The molecule has 0 unspecified atom stereocenters. The molecule has 0 aliphatic rings. The molecule has 3 aromatic rings. The summed E-state index contributed by atoms with van der Waals surface area (Å²) in [5, 5.41) is 4.26. The van der Waals surface area contributed by atoms with Crippen molar-refractivity contribution in [3.8, 4) is 11.7 Å². The van der Waals surface area contributed by atoms with Crippen LogP contribution in [0, 0.1) is 6.92 Å². The lowest BCUT2D eigenvalue weighted by atomic mass is 10.2. The molecule has 4 heteroatoms. The molecule has 3 rings (SSSR count). The van der Waals surface area contributed by atoms with Gasteiger partial charge in [0.25, 0.3) is 5.95 Å². The van der Waals surface area contributed by atoms with Crippen LogP contribution in [0.5, 0.6) is 11.7 Å². The Morgan fingerprint density at radius 1 is 1.16 bits per heavy atom. The Balaban J connectivity index is 1.69. The molecule has 0 radical (unpaired) electrons. The summed E-state index contributed by atoms with van der Waals surface area (Å²) in [4.78, 5) is 0. The molecule has 0 saturated heterocycles. The van der Waals surface area contributed by atoms with Gasteiger partial charge in [0.2, 0.25) is 0 Å². The summed E-state index contributed by atoms with van der Waals surface area (Å²) in [5.74, 6) is 1.98. The highest BCUT2D eigenvalue weighted by molar-refractivity contribution is 5.22. The van der Waals surface area contributed by atoms with E-state index in [9.17, 15) is 0 Å². The Hall–Kier alpha value is -2.49. The number of furan rings is 1. The first-order valence-corrected chi connectivity index (χ1v) is 6.10. The Morgan fingerprint density at radius 3 is 2.74 bits per heavy atom. The van der Waals surface area contributed by atoms with Crippen LogP contribution in [0.1, 0.15) is 11.3 Å². The number of benzene rings is 1. The van der Waals surface area contributed by atoms with Gasteiger partial charge in [-0.1, -0.05) is 30.3 Å². The molecule has 0 bridgehead atoms. The Labute approximate surface area is 111 Å². The highest BCUT2D eigenvalue weighted by atomic mass is 16.6. The van der Waals surface area contributed by atoms with E-state index in [0.717, 1.165) is 12.3 Å². The number of ether oxygens (including phenoxy) is 1. The van der Waals surface area contributed by atoms with Crippen molar-refractivity contribution in [1.82, 2.24) is 9.78 Å². The number of rotatable bonds is 4. The van der Waals surface area contributed by atoms with E-state index in [2.05, 4.69) is 17.2 Å². The largest absolute Gasteiger partial charge is 0.431 e. The molecule has 96 valence electrons. The maximum Gasteiger partial charge on any atom is 0.290 e. The third kappa shape index (κ3) is 2.85. The Kier molecular flexibility index (Phi) is 3.06. The van der Waals surface area contributed by atoms with Crippen molar-refractivity contribution in [3.63, 3.8) is 0 Å². The summed E-state index contributed by atoms with van der Waals surface area (Å²) in [6.45, 7) is 2.60. The number of hydrogen-bond donors (Lipinski definition) is 0. The standard InChI is InChI=1S/C15H14N2O2/c1-12-7-8-15(18-12)19-14-9-16-17(11-14)10-13-5-3-2-4-6-13/h2-9,11H,10H2,1H3. The van der Waals surface area contributed by atoms with Gasteiger partial charge in [0.15, 0.2) is 5.75 Å². The first-order valence-electron chi connectivity index (χ1n) is 6.10. The normalized spacial score (nSPS) is 10.6. The molecule has 19 heavy (non-hydrogen) atoms. The van der Waals surface area contributed by atoms with Crippen LogP contribution in [0.25, 0.3) is 0 Å². The maximum absolute atomic E-state index is 5.57. The summed E-state index contributed by atoms with van der Waals surface area (Å²) < 4.78 is 12.8. The molecule has 2 heterocycles. The third-order valence-electron chi connectivity index (χ3n) is 2.73. The van der Waals surface area contributed by atoms with Crippen LogP contribution >= 0.6 is 0 Å². The van der Waals surface area contributed by atoms with Crippen molar-refractivity contribution in [3.05, 3.63) is 66.2 Å². The van der Waals surface area contributed by atoms with Gasteiger partial charge in [-0.2, -0.15) is 5.10 Å². The number of nitrogens with zero attached hydrogens (tertiary/aromatic N) is 2. The molecule has 0 N–H and O–H groups in total. The summed E-state index contributed by atoms with van der Waals surface area (Å²) in [6.07, 6.45) is 3.53. The summed E-state index contributed by atoms with van der Waals surface area (Å²) >= 11 is 0. The van der Waals surface area contributed by atoms with Gasteiger partial charge in [-0.3, -0.25) is 4.68 Å². The summed E-state index contributed by atoms with van der Waals surface area (Å²) in [7, 11) is 0. The van der Waals surface area contributed by atoms with E-state index in [1.54, 1.807) is 12.3 Å². The number of aromatic nitrogens is 2. The average molecular weight is 254 g/mol. The zero-order valence-corrected chi connectivity index (χ0v) is 10.6. The van der Waals surface area contributed by atoms with Crippen LogP contribution in [0.2, 0.25) is 0 Å². The maximum atomic E-state index is 5.57. The smallest absolute Gasteiger partial charge is 0.290 e. The zero-order chi connectivity index (χ0) is 13.1. The quantitative estimate of drug-likeness (QED) is 0.713. The topological polar surface area (TPSA) is 40.2 Å². The van der Waals surface area contributed by atoms with Crippen molar-refractivity contribution in [1.29, 1.82) is 0 Å². The lowest BCUT2D eigenvalue weighted by Crippen LogP contribution is -1.99. The molecule has 1 aromatic carbocycles. The third-order valence-corrected chi connectivity index (χ3v) is 2.73. The Bertz CT molecular complexity index is 656. The molecule has 0 atom stereocenters. The number of hydrogen-bond acceptors (Lipinski definition) is 3. The van der Waals surface area contributed by atoms with E-state index in [1.165, 1.54) is 5.56 Å². The van der Waals surface area contributed by atoms with Crippen LogP contribution in [0.3, 0.4) is 0 Å². The summed E-state index contributed by atoms with van der Waals surface area (Å²) in [5.41, 5.74) is 1.20. The number of aryl methyl sites for hydroxylation is 1. The molecule has 0 aliphatic carbocycles. The van der Waals surface area contributed by atoms with E-state index in [0.29, 0.717) is 11.7 Å². The van der Waals surface area contributed by atoms with Crippen molar-refractivity contribution in [2.24, 2.45) is 0 Å². The van der Waals surface area contributed by atoms with Gasteiger partial charge >= 0.3 is 0 Å². The van der Waals surface area contributed by atoms with E-state index in [4.69, 9.17) is 9.15 Å². The second-order valence-electron chi connectivity index (χ2n) is 4.33. The van der Waals surface area contributed by atoms with Gasteiger partial charge in [-0.25, -0.2) is 0 Å². The highest BCUT2D eigenvalue weighted by Gasteiger charge is 2.04. The van der Waals surface area contributed by atoms with Crippen molar-refractivity contribution in [2.75, 3.05) is 0 Å². The molecular weight excluding hydrogens is 240 g/mol. The van der Waals surface area contributed by atoms with Gasteiger partial charge < -0.3 is 9.15 Å². The van der Waals surface area contributed by atoms with Crippen molar-refractivity contribution >= 4 is 0 Å². The molecule has 0 aliphatic heterocycles. The van der Waals surface area contributed by atoms with Gasteiger partial charge in [-0.15, -0.1) is 0 Å². The molecule has 2 aromatic heterocycles. The van der Waals surface area contributed by atoms with Crippen LogP contribution in [0.15, 0.2) is 59.3 Å². The first-order chi connectivity index (χ1) is 9.29. The predicted octanol–water partition coefficient (Wildman–Crippen LogP) is 3.63. The van der Waals surface area contributed by atoms with E-state index < -0.39 is 0 Å². The van der Waals surface area contributed by atoms with Gasteiger partial charge in [0, 0.05) is 6.07 Å². The van der Waals surface area contributed by atoms with E-state index in [1.807, 2.05) is 42.1 Å². The monoisotopic (exact) mass is 254 g/mol. The lowest BCUT2D eigenvalue weighted by Gasteiger charge is -2.00. The van der Waals surface area contributed by atoms with Crippen LogP contribution in [-0.4, -0.2) is 9.78 Å². The second-order valence-corrected chi connectivity index (χ2v) is 4.33. The minimum Gasteiger partial charge on any atom is -0.431 e. The molecule has 0 fully saturated rings.